The highest BCUT2D eigenvalue weighted by Crippen LogP contribution is 2.22. The quantitative estimate of drug-likeness (QED) is 0.765. The van der Waals surface area contributed by atoms with Crippen LogP contribution in [0.3, 0.4) is 0 Å². The van der Waals surface area contributed by atoms with Gasteiger partial charge in [-0.2, -0.15) is 0 Å². The molecule has 88 valence electrons. The van der Waals surface area contributed by atoms with Crippen LogP contribution in [0.25, 0.3) is 0 Å². The molecule has 0 saturated carbocycles. The van der Waals surface area contributed by atoms with Crippen LogP contribution in [-0.4, -0.2) is 23.0 Å². The molecule has 0 amide bonds. The molecule has 0 spiro atoms. The molecule has 0 radical (unpaired) electrons. The van der Waals surface area contributed by atoms with Crippen molar-refractivity contribution >= 4 is 0 Å². The predicted octanol–water partition coefficient (Wildman–Crippen LogP) is 2.70. The van der Waals surface area contributed by atoms with Crippen molar-refractivity contribution in [2.45, 2.75) is 26.8 Å². The van der Waals surface area contributed by atoms with E-state index in [2.05, 4.69) is 23.7 Å². The lowest BCUT2D eigenvalue weighted by Gasteiger charge is -2.34. The van der Waals surface area contributed by atoms with E-state index in [9.17, 15) is 4.39 Å². The third-order valence-electron chi connectivity index (χ3n) is 3.15. The Balaban J connectivity index is 2.02. The molecule has 1 aromatic rings. The average molecular weight is 222 g/mol. The summed E-state index contributed by atoms with van der Waals surface area (Å²) >= 11 is 0. The summed E-state index contributed by atoms with van der Waals surface area (Å²) in [6.07, 6.45) is 2.94. The summed E-state index contributed by atoms with van der Waals surface area (Å²) in [6.45, 7) is 7.27. The first-order valence-electron chi connectivity index (χ1n) is 5.97. The Morgan fingerprint density at radius 2 is 2.06 bits per heavy atom. The number of halogens is 1. The molecule has 3 heteroatoms. The fraction of sp³-hybridized carbons (Fsp3) is 0.615. The second-order valence-electron chi connectivity index (χ2n) is 5.07. The minimum Gasteiger partial charge on any atom is -0.297 e. The van der Waals surface area contributed by atoms with Gasteiger partial charge < -0.3 is 0 Å². The largest absolute Gasteiger partial charge is 0.297 e. The van der Waals surface area contributed by atoms with E-state index in [1.807, 2.05) is 0 Å². The number of piperidine rings is 1. The Morgan fingerprint density at radius 3 is 2.69 bits per heavy atom. The molecular formula is C13H19FN2. The van der Waals surface area contributed by atoms with Crippen molar-refractivity contribution in [3.63, 3.8) is 0 Å². The maximum absolute atomic E-state index is 13.4. The summed E-state index contributed by atoms with van der Waals surface area (Å²) in [6, 6.07) is 3.12. The van der Waals surface area contributed by atoms with Crippen molar-refractivity contribution in [1.82, 2.24) is 9.88 Å². The predicted molar refractivity (Wildman–Crippen MR) is 62.4 cm³/mol. The van der Waals surface area contributed by atoms with Gasteiger partial charge in [0.15, 0.2) is 0 Å². The van der Waals surface area contributed by atoms with Crippen LogP contribution in [0.4, 0.5) is 4.39 Å². The average Bonchev–Trinajstić information content (AvgIpc) is 2.20. The number of nitrogens with zero attached hydrogens (tertiary/aromatic N) is 2. The molecule has 1 aliphatic rings. The smallest absolute Gasteiger partial charge is 0.146 e. The van der Waals surface area contributed by atoms with Crippen molar-refractivity contribution < 1.29 is 4.39 Å². The third kappa shape index (κ3) is 2.79. The van der Waals surface area contributed by atoms with E-state index >= 15 is 0 Å². The van der Waals surface area contributed by atoms with Crippen LogP contribution >= 0.6 is 0 Å². The molecule has 1 aliphatic heterocycles. The highest BCUT2D eigenvalue weighted by molar-refractivity contribution is 5.07. The van der Waals surface area contributed by atoms with Gasteiger partial charge in [-0.1, -0.05) is 13.8 Å². The molecule has 0 N–H and O–H groups in total. The van der Waals surface area contributed by atoms with Gasteiger partial charge in [0, 0.05) is 25.8 Å². The normalized spacial score (nSPS) is 26.9. The Bertz CT molecular complexity index is 344. The second kappa shape index (κ2) is 4.91. The maximum atomic E-state index is 13.4. The molecule has 2 nitrogen and oxygen atoms in total. The number of hydrogen-bond donors (Lipinski definition) is 0. The molecule has 1 aromatic heterocycles. The second-order valence-corrected chi connectivity index (χ2v) is 5.07. The lowest BCUT2D eigenvalue weighted by molar-refractivity contribution is 0.131. The fourth-order valence-electron chi connectivity index (χ4n) is 2.67. The van der Waals surface area contributed by atoms with Crippen LogP contribution in [0.1, 0.15) is 26.0 Å². The number of aromatic nitrogens is 1. The van der Waals surface area contributed by atoms with Crippen LogP contribution in [-0.2, 0) is 6.54 Å². The Kier molecular flexibility index (Phi) is 3.54. The molecule has 0 aliphatic carbocycles. The standard InChI is InChI=1S/C13H19FN2/c1-10-6-11(2)8-16(7-10)9-13-12(14)4-3-5-15-13/h3-5,10-11H,6-9H2,1-2H3. The Labute approximate surface area is 96.5 Å². The summed E-state index contributed by atoms with van der Waals surface area (Å²) in [7, 11) is 0. The molecule has 1 fully saturated rings. The fourth-order valence-corrected chi connectivity index (χ4v) is 2.67. The van der Waals surface area contributed by atoms with E-state index < -0.39 is 0 Å². The van der Waals surface area contributed by atoms with E-state index in [4.69, 9.17) is 0 Å². The number of likely N-dealkylation sites (tertiary alicyclic amines) is 1. The topological polar surface area (TPSA) is 16.1 Å². The molecule has 2 heterocycles. The molecule has 1 saturated heterocycles. The SMILES string of the molecule is CC1CC(C)CN(Cc2ncccc2F)C1. The molecule has 2 unspecified atom stereocenters. The van der Waals surface area contributed by atoms with E-state index in [1.165, 1.54) is 12.5 Å². The van der Waals surface area contributed by atoms with E-state index in [1.54, 1.807) is 12.3 Å². The van der Waals surface area contributed by atoms with Crippen LogP contribution < -0.4 is 0 Å². The van der Waals surface area contributed by atoms with Crippen LogP contribution in [0.2, 0.25) is 0 Å². The van der Waals surface area contributed by atoms with Crippen LogP contribution in [0.5, 0.6) is 0 Å². The first-order valence-corrected chi connectivity index (χ1v) is 5.97. The van der Waals surface area contributed by atoms with E-state index in [0.717, 1.165) is 13.1 Å². The van der Waals surface area contributed by atoms with Crippen molar-refractivity contribution in [3.8, 4) is 0 Å². The zero-order valence-corrected chi connectivity index (χ0v) is 9.99. The van der Waals surface area contributed by atoms with Gasteiger partial charge in [0.1, 0.15) is 5.82 Å². The molecule has 2 atom stereocenters. The van der Waals surface area contributed by atoms with Gasteiger partial charge in [-0.05, 0) is 30.4 Å². The van der Waals surface area contributed by atoms with E-state index in [0.29, 0.717) is 24.1 Å². The van der Waals surface area contributed by atoms with Crippen molar-refractivity contribution in [3.05, 3.63) is 29.8 Å². The number of hydrogen-bond acceptors (Lipinski definition) is 2. The summed E-state index contributed by atoms with van der Waals surface area (Å²) in [4.78, 5) is 6.42. The maximum Gasteiger partial charge on any atom is 0.146 e. The first kappa shape index (κ1) is 11.5. The monoisotopic (exact) mass is 222 g/mol. The van der Waals surface area contributed by atoms with Crippen molar-refractivity contribution in [2.24, 2.45) is 11.8 Å². The lowest BCUT2D eigenvalue weighted by atomic mass is 9.92. The Hall–Kier alpha value is -0.960. The zero-order chi connectivity index (χ0) is 11.5. The first-order chi connectivity index (χ1) is 7.65. The van der Waals surface area contributed by atoms with Gasteiger partial charge in [-0.3, -0.25) is 9.88 Å². The molecular weight excluding hydrogens is 203 g/mol. The minimum atomic E-state index is -0.187. The van der Waals surface area contributed by atoms with Gasteiger partial charge in [-0.15, -0.1) is 0 Å². The van der Waals surface area contributed by atoms with Crippen molar-refractivity contribution in [2.75, 3.05) is 13.1 Å². The van der Waals surface area contributed by atoms with Gasteiger partial charge in [0.2, 0.25) is 0 Å². The van der Waals surface area contributed by atoms with Crippen LogP contribution in [0, 0.1) is 17.7 Å². The van der Waals surface area contributed by atoms with Gasteiger partial charge in [0.25, 0.3) is 0 Å². The van der Waals surface area contributed by atoms with Crippen molar-refractivity contribution in [1.29, 1.82) is 0 Å². The van der Waals surface area contributed by atoms with E-state index in [-0.39, 0.29) is 5.82 Å². The molecule has 2 rings (SSSR count). The van der Waals surface area contributed by atoms with Gasteiger partial charge in [-0.25, -0.2) is 4.39 Å². The molecule has 16 heavy (non-hydrogen) atoms. The summed E-state index contributed by atoms with van der Waals surface area (Å²) < 4.78 is 13.4. The Morgan fingerprint density at radius 1 is 1.38 bits per heavy atom. The minimum absolute atomic E-state index is 0.187. The highest BCUT2D eigenvalue weighted by atomic mass is 19.1. The van der Waals surface area contributed by atoms with Crippen LogP contribution in [0.15, 0.2) is 18.3 Å². The third-order valence-corrected chi connectivity index (χ3v) is 3.15. The lowest BCUT2D eigenvalue weighted by Crippen LogP contribution is -2.38. The number of pyridine rings is 1. The van der Waals surface area contributed by atoms with Gasteiger partial charge in [0.05, 0.1) is 5.69 Å². The molecule has 0 aromatic carbocycles. The summed E-state index contributed by atoms with van der Waals surface area (Å²) in [5.74, 6) is 1.22. The highest BCUT2D eigenvalue weighted by Gasteiger charge is 2.22. The summed E-state index contributed by atoms with van der Waals surface area (Å²) in [5.41, 5.74) is 0.573. The molecule has 0 bridgehead atoms. The summed E-state index contributed by atoms with van der Waals surface area (Å²) in [5, 5.41) is 0. The van der Waals surface area contributed by atoms with Gasteiger partial charge >= 0.3 is 0 Å². The zero-order valence-electron chi connectivity index (χ0n) is 9.99. The number of rotatable bonds is 2.